The summed E-state index contributed by atoms with van der Waals surface area (Å²) in [5.41, 5.74) is 3.47. The number of amides is 1. The van der Waals surface area contributed by atoms with Crippen molar-refractivity contribution in [3.05, 3.63) is 100 Å². The zero-order valence-electron chi connectivity index (χ0n) is 14.9. The van der Waals surface area contributed by atoms with Crippen LogP contribution in [0.25, 0.3) is 0 Å². The fourth-order valence-corrected chi connectivity index (χ4v) is 3.12. The molecule has 2 N–H and O–H groups in total. The molecule has 3 nitrogen and oxygen atoms in total. The van der Waals surface area contributed by atoms with Crippen molar-refractivity contribution in [3.8, 4) is 0 Å². The van der Waals surface area contributed by atoms with Crippen molar-refractivity contribution in [2.24, 2.45) is 0 Å². The van der Waals surface area contributed by atoms with Gasteiger partial charge in [0.15, 0.2) is 0 Å². The Bertz CT molecular complexity index is 913. The van der Waals surface area contributed by atoms with Crippen molar-refractivity contribution < 1.29 is 9.18 Å². The first-order chi connectivity index (χ1) is 13.0. The highest BCUT2D eigenvalue weighted by Crippen LogP contribution is 2.24. The van der Waals surface area contributed by atoms with Gasteiger partial charge >= 0.3 is 0 Å². The summed E-state index contributed by atoms with van der Waals surface area (Å²) in [5, 5.41) is 6.56. The molecule has 3 aromatic carbocycles. The first-order valence-corrected chi connectivity index (χ1v) is 9.00. The Morgan fingerprint density at radius 1 is 1.00 bits per heavy atom. The number of hydrogen-bond acceptors (Lipinski definition) is 2. The Hall–Kier alpha value is -2.69. The van der Waals surface area contributed by atoms with E-state index in [4.69, 9.17) is 11.6 Å². The molecule has 27 heavy (non-hydrogen) atoms. The minimum absolute atomic E-state index is 0.0845. The lowest BCUT2D eigenvalue weighted by atomic mass is 9.98. The molecule has 3 aromatic rings. The number of anilines is 1. The van der Waals surface area contributed by atoms with Gasteiger partial charge in [-0.2, -0.15) is 0 Å². The fourth-order valence-electron chi connectivity index (χ4n) is 2.84. The number of nitrogens with one attached hydrogen (secondary N) is 2. The third kappa shape index (κ3) is 5.16. The zero-order valence-corrected chi connectivity index (χ0v) is 15.6. The minimum atomic E-state index is -0.294. The summed E-state index contributed by atoms with van der Waals surface area (Å²) < 4.78 is 13.3. The van der Waals surface area contributed by atoms with E-state index in [9.17, 15) is 9.18 Å². The molecule has 0 bridgehead atoms. The Kier molecular flexibility index (Phi) is 6.22. The third-order valence-electron chi connectivity index (χ3n) is 4.20. The van der Waals surface area contributed by atoms with Crippen LogP contribution >= 0.6 is 11.6 Å². The molecular weight excluding hydrogens is 363 g/mol. The molecule has 0 aromatic heterocycles. The first kappa shape index (κ1) is 19.1. The molecule has 0 heterocycles. The largest absolute Gasteiger partial charge is 0.324 e. The average Bonchev–Trinajstić information content (AvgIpc) is 2.66. The van der Waals surface area contributed by atoms with Crippen LogP contribution in [0.3, 0.4) is 0 Å². The van der Waals surface area contributed by atoms with E-state index >= 15 is 0 Å². The van der Waals surface area contributed by atoms with Gasteiger partial charge < -0.3 is 5.32 Å². The van der Waals surface area contributed by atoms with Crippen molar-refractivity contribution in [1.82, 2.24) is 5.32 Å². The van der Waals surface area contributed by atoms with Crippen molar-refractivity contribution in [1.29, 1.82) is 0 Å². The number of carbonyl (C=O) groups is 1. The molecule has 0 fully saturated rings. The number of rotatable bonds is 6. The lowest BCUT2D eigenvalue weighted by Crippen LogP contribution is -2.32. The van der Waals surface area contributed by atoms with Crippen molar-refractivity contribution >= 4 is 23.2 Å². The fraction of sp³-hybridized carbons (Fsp3) is 0.136. The topological polar surface area (TPSA) is 41.1 Å². The van der Waals surface area contributed by atoms with Gasteiger partial charge in [0.2, 0.25) is 5.91 Å². The van der Waals surface area contributed by atoms with Gasteiger partial charge in [-0.15, -0.1) is 0 Å². The highest BCUT2D eigenvalue weighted by molar-refractivity contribution is 6.33. The molecule has 0 spiro atoms. The van der Waals surface area contributed by atoms with Crippen LogP contribution in [0.5, 0.6) is 0 Å². The Morgan fingerprint density at radius 2 is 1.67 bits per heavy atom. The van der Waals surface area contributed by atoms with E-state index in [1.165, 1.54) is 12.1 Å². The van der Waals surface area contributed by atoms with Crippen LogP contribution < -0.4 is 10.6 Å². The van der Waals surface area contributed by atoms with Crippen LogP contribution in [0.15, 0.2) is 72.8 Å². The van der Waals surface area contributed by atoms with Gasteiger partial charge in [-0.25, -0.2) is 4.39 Å². The highest BCUT2D eigenvalue weighted by Gasteiger charge is 2.15. The van der Waals surface area contributed by atoms with E-state index in [2.05, 4.69) is 10.6 Å². The van der Waals surface area contributed by atoms with E-state index in [1.54, 1.807) is 24.3 Å². The summed E-state index contributed by atoms with van der Waals surface area (Å²) in [6.07, 6.45) is 0. The SMILES string of the molecule is Cc1ccc(NC(=O)CNC(c2ccccc2)c2ccc(F)cc2)c(Cl)c1. The van der Waals surface area contributed by atoms with E-state index < -0.39 is 0 Å². The Morgan fingerprint density at radius 3 is 2.33 bits per heavy atom. The molecule has 138 valence electrons. The quantitative estimate of drug-likeness (QED) is 0.622. The maximum Gasteiger partial charge on any atom is 0.238 e. The summed E-state index contributed by atoms with van der Waals surface area (Å²) >= 11 is 6.17. The van der Waals surface area contributed by atoms with E-state index in [-0.39, 0.29) is 24.3 Å². The Balaban J connectivity index is 1.72. The summed E-state index contributed by atoms with van der Waals surface area (Å²) in [4.78, 5) is 12.4. The highest BCUT2D eigenvalue weighted by atomic mass is 35.5. The zero-order chi connectivity index (χ0) is 19.2. The van der Waals surface area contributed by atoms with Gasteiger partial charge in [0.1, 0.15) is 5.82 Å². The maximum atomic E-state index is 13.3. The number of aryl methyl sites for hydroxylation is 1. The van der Waals surface area contributed by atoms with Gasteiger partial charge in [-0.05, 0) is 47.9 Å². The molecule has 1 unspecified atom stereocenters. The van der Waals surface area contributed by atoms with Crippen molar-refractivity contribution in [3.63, 3.8) is 0 Å². The van der Waals surface area contributed by atoms with Crippen LogP contribution in [0.1, 0.15) is 22.7 Å². The monoisotopic (exact) mass is 382 g/mol. The number of carbonyl (C=O) groups excluding carboxylic acids is 1. The number of benzene rings is 3. The minimum Gasteiger partial charge on any atom is -0.324 e. The van der Waals surface area contributed by atoms with Crippen molar-refractivity contribution in [2.45, 2.75) is 13.0 Å². The molecule has 0 aliphatic carbocycles. The summed E-state index contributed by atoms with van der Waals surface area (Å²) in [7, 11) is 0. The second-order valence-corrected chi connectivity index (χ2v) is 6.71. The van der Waals surface area contributed by atoms with Crippen LogP contribution in [-0.4, -0.2) is 12.5 Å². The second-order valence-electron chi connectivity index (χ2n) is 6.31. The maximum absolute atomic E-state index is 13.3. The molecule has 3 rings (SSSR count). The predicted octanol–water partition coefficient (Wildman–Crippen LogP) is 5.11. The van der Waals surface area contributed by atoms with Crippen LogP contribution in [0.4, 0.5) is 10.1 Å². The molecule has 1 amide bonds. The van der Waals surface area contributed by atoms with Crippen LogP contribution in [0.2, 0.25) is 5.02 Å². The summed E-state index contributed by atoms with van der Waals surface area (Å²) in [6.45, 7) is 2.02. The molecular formula is C22H20ClFN2O. The number of hydrogen-bond donors (Lipinski definition) is 2. The van der Waals surface area contributed by atoms with Gasteiger partial charge in [0.25, 0.3) is 0 Å². The van der Waals surface area contributed by atoms with E-state index in [0.717, 1.165) is 16.7 Å². The summed E-state index contributed by atoms with van der Waals surface area (Å²) in [5.74, 6) is -0.499. The molecule has 1 atom stereocenters. The molecule has 0 radical (unpaired) electrons. The third-order valence-corrected chi connectivity index (χ3v) is 4.51. The second kappa shape index (κ2) is 8.80. The van der Waals surface area contributed by atoms with Crippen molar-refractivity contribution in [2.75, 3.05) is 11.9 Å². The molecule has 0 aliphatic heterocycles. The lowest BCUT2D eigenvalue weighted by Gasteiger charge is -2.20. The standard InChI is InChI=1S/C22H20ClFN2O/c1-15-7-12-20(19(23)13-15)26-21(27)14-25-22(16-5-3-2-4-6-16)17-8-10-18(24)11-9-17/h2-13,22,25H,14H2,1H3,(H,26,27). The molecule has 0 saturated heterocycles. The average molecular weight is 383 g/mol. The predicted molar refractivity (Wildman–Crippen MR) is 108 cm³/mol. The molecule has 0 saturated carbocycles. The van der Waals surface area contributed by atoms with Crippen LogP contribution in [-0.2, 0) is 4.79 Å². The van der Waals surface area contributed by atoms with Gasteiger partial charge in [0.05, 0.1) is 23.3 Å². The van der Waals surface area contributed by atoms with Gasteiger partial charge in [-0.1, -0.05) is 60.1 Å². The normalized spacial score (nSPS) is 11.8. The first-order valence-electron chi connectivity index (χ1n) is 8.63. The van der Waals surface area contributed by atoms with Crippen LogP contribution in [0, 0.1) is 12.7 Å². The van der Waals surface area contributed by atoms with E-state index in [0.29, 0.717) is 10.7 Å². The molecule has 0 aliphatic rings. The van der Waals surface area contributed by atoms with Gasteiger partial charge in [0, 0.05) is 0 Å². The summed E-state index contributed by atoms with van der Waals surface area (Å²) in [6, 6.07) is 21.2. The smallest absolute Gasteiger partial charge is 0.238 e. The lowest BCUT2D eigenvalue weighted by molar-refractivity contribution is -0.115. The van der Waals surface area contributed by atoms with Gasteiger partial charge in [-0.3, -0.25) is 10.1 Å². The van der Waals surface area contributed by atoms with E-state index in [1.807, 2.05) is 43.3 Å². The Labute approximate surface area is 163 Å². The number of halogens is 2. The molecule has 5 heteroatoms.